The first kappa shape index (κ1) is 15.4. The van der Waals surface area contributed by atoms with Crippen LogP contribution in [0.4, 0.5) is 0 Å². The molecule has 21 heavy (non-hydrogen) atoms. The molecule has 0 saturated carbocycles. The molecule has 0 fully saturated rings. The molecule has 1 heterocycles. The number of aryl methyl sites for hydroxylation is 1. The molecular weight excluding hydrogens is 340 g/mol. The number of carboxylic acids is 1. The second kappa shape index (κ2) is 7.16. The lowest BCUT2D eigenvalue weighted by Gasteiger charge is -2.09. The maximum absolute atomic E-state index is 11.2. The lowest BCUT2D eigenvalue weighted by molar-refractivity contribution is 0.0691. The van der Waals surface area contributed by atoms with Crippen LogP contribution < -0.4 is 4.74 Å². The number of carbonyl (C=O) groups is 1. The molecule has 2 rings (SSSR count). The van der Waals surface area contributed by atoms with Gasteiger partial charge in [0, 0.05) is 11.0 Å². The molecule has 0 aliphatic rings. The van der Waals surface area contributed by atoms with Crippen LogP contribution >= 0.6 is 15.9 Å². The quantitative estimate of drug-likeness (QED) is 0.821. The van der Waals surface area contributed by atoms with E-state index in [1.54, 1.807) is 16.8 Å². The minimum Gasteiger partial charge on any atom is -0.485 e. The highest BCUT2D eigenvalue weighted by Crippen LogP contribution is 2.24. The first-order chi connectivity index (χ1) is 10.1. The summed E-state index contributed by atoms with van der Waals surface area (Å²) in [7, 11) is 0. The molecule has 0 spiro atoms. The van der Waals surface area contributed by atoms with Gasteiger partial charge in [0.25, 0.3) is 0 Å². The minimum absolute atomic E-state index is 0.103. The van der Waals surface area contributed by atoms with Crippen molar-refractivity contribution in [2.75, 3.05) is 0 Å². The zero-order valence-electron chi connectivity index (χ0n) is 11.5. The Kier molecular flexibility index (Phi) is 5.26. The van der Waals surface area contributed by atoms with Crippen LogP contribution in [-0.4, -0.2) is 31.3 Å². The van der Waals surface area contributed by atoms with Crippen LogP contribution in [0.15, 0.2) is 22.7 Å². The summed E-state index contributed by atoms with van der Waals surface area (Å²) in [4.78, 5) is 11.2. The van der Waals surface area contributed by atoms with Gasteiger partial charge in [-0.2, -0.15) is 0 Å². The fraction of sp³-hybridized carbons (Fsp3) is 0.385. The SMILES string of the molecule is CCCCn1nnnc1COc1cc(Br)ccc1C(=O)O. The molecule has 1 aromatic heterocycles. The van der Waals surface area contributed by atoms with Crippen molar-refractivity contribution in [2.45, 2.75) is 32.9 Å². The molecule has 0 aliphatic heterocycles. The summed E-state index contributed by atoms with van der Waals surface area (Å²) in [6.07, 6.45) is 2.00. The number of ether oxygens (including phenoxy) is 1. The highest BCUT2D eigenvalue weighted by molar-refractivity contribution is 9.10. The van der Waals surface area contributed by atoms with Crippen LogP contribution in [0.2, 0.25) is 0 Å². The Bertz CT molecular complexity index is 630. The van der Waals surface area contributed by atoms with E-state index in [1.165, 1.54) is 6.07 Å². The Morgan fingerprint density at radius 1 is 1.48 bits per heavy atom. The summed E-state index contributed by atoms with van der Waals surface area (Å²) in [6, 6.07) is 4.76. The predicted octanol–water partition coefficient (Wildman–Crippen LogP) is 2.51. The number of benzene rings is 1. The van der Waals surface area contributed by atoms with E-state index in [1.807, 2.05) is 0 Å². The first-order valence-electron chi connectivity index (χ1n) is 6.52. The Hall–Kier alpha value is -1.96. The number of aromatic carboxylic acids is 1. The van der Waals surface area contributed by atoms with E-state index in [2.05, 4.69) is 38.4 Å². The number of unbranched alkanes of at least 4 members (excludes halogenated alkanes) is 1. The molecule has 112 valence electrons. The highest BCUT2D eigenvalue weighted by Gasteiger charge is 2.13. The van der Waals surface area contributed by atoms with Crippen molar-refractivity contribution >= 4 is 21.9 Å². The van der Waals surface area contributed by atoms with Crippen LogP contribution in [0.25, 0.3) is 0 Å². The lowest BCUT2D eigenvalue weighted by Crippen LogP contribution is -2.10. The van der Waals surface area contributed by atoms with E-state index in [4.69, 9.17) is 9.84 Å². The monoisotopic (exact) mass is 354 g/mol. The van der Waals surface area contributed by atoms with Gasteiger partial charge in [0.05, 0.1) is 0 Å². The van der Waals surface area contributed by atoms with Crippen molar-refractivity contribution in [3.8, 4) is 5.75 Å². The number of hydrogen-bond acceptors (Lipinski definition) is 5. The molecule has 2 aromatic rings. The first-order valence-corrected chi connectivity index (χ1v) is 7.31. The fourth-order valence-electron chi connectivity index (χ4n) is 1.74. The highest BCUT2D eigenvalue weighted by atomic mass is 79.9. The largest absolute Gasteiger partial charge is 0.485 e. The number of aromatic nitrogens is 4. The van der Waals surface area contributed by atoms with E-state index in [9.17, 15) is 4.79 Å². The summed E-state index contributed by atoms with van der Waals surface area (Å²) in [6.45, 7) is 2.92. The lowest BCUT2D eigenvalue weighted by atomic mass is 10.2. The van der Waals surface area contributed by atoms with Crippen LogP contribution in [0.5, 0.6) is 5.75 Å². The molecule has 0 saturated heterocycles. The molecule has 0 bridgehead atoms. The number of halogens is 1. The van der Waals surface area contributed by atoms with E-state index in [-0.39, 0.29) is 17.9 Å². The smallest absolute Gasteiger partial charge is 0.339 e. The standard InChI is InChI=1S/C13H15BrN4O3/c1-2-3-6-18-12(15-16-17-18)8-21-11-7-9(14)4-5-10(11)13(19)20/h4-5,7H,2-3,6,8H2,1H3,(H,19,20). The molecule has 8 heteroatoms. The number of hydrogen-bond donors (Lipinski definition) is 1. The van der Waals surface area contributed by atoms with E-state index in [0.717, 1.165) is 17.3 Å². The third kappa shape index (κ3) is 4.01. The summed E-state index contributed by atoms with van der Waals surface area (Å²) in [5.74, 6) is -0.190. The number of nitrogens with zero attached hydrogens (tertiary/aromatic N) is 4. The van der Waals surface area contributed by atoms with Gasteiger partial charge in [-0.1, -0.05) is 29.3 Å². The van der Waals surface area contributed by atoms with Crippen molar-refractivity contribution in [3.05, 3.63) is 34.1 Å². The summed E-state index contributed by atoms with van der Waals surface area (Å²) in [5, 5.41) is 20.6. The van der Waals surface area contributed by atoms with Crippen LogP contribution in [0.1, 0.15) is 35.9 Å². The molecule has 0 atom stereocenters. The third-order valence-corrected chi connectivity index (χ3v) is 3.35. The molecule has 0 amide bonds. The maximum atomic E-state index is 11.2. The Morgan fingerprint density at radius 2 is 2.29 bits per heavy atom. The van der Waals surface area contributed by atoms with Gasteiger partial charge in [-0.25, -0.2) is 9.48 Å². The zero-order valence-corrected chi connectivity index (χ0v) is 13.1. The van der Waals surface area contributed by atoms with Gasteiger partial charge in [-0.05, 0) is 35.0 Å². The van der Waals surface area contributed by atoms with Gasteiger partial charge in [0.2, 0.25) is 0 Å². The van der Waals surface area contributed by atoms with E-state index in [0.29, 0.717) is 12.4 Å². The Morgan fingerprint density at radius 3 is 3.00 bits per heavy atom. The molecular formula is C13H15BrN4O3. The predicted molar refractivity (Wildman–Crippen MR) is 78.2 cm³/mol. The molecule has 0 radical (unpaired) electrons. The average molecular weight is 355 g/mol. The molecule has 1 N–H and O–H groups in total. The third-order valence-electron chi connectivity index (χ3n) is 2.86. The van der Waals surface area contributed by atoms with Crippen LogP contribution in [0.3, 0.4) is 0 Å². The van der Waals surface area contributed by atoms with Crippen molar-refractivity contribution < 1.29 is 14.6 Å². The molecule has 7 nitrogen and oxygen atoms in total. The summed E-state index contributed by atoms with van der Waals surface area (Å²) < 4.78 is 7.98. The summed E-state index contributed by atoms with van der Waals surface area (Å²) in [5.41, 5.74) is 0.103. The van der Waals surface area contributed by atoms with Gasteiger partial charge in [0.15, 0.2) is 5.82 Å². The second-order valence-corrected chi connectivity index (χ2v) is 5.32. The van der Waals surface area contributed by atoms with E-state index >= 15 is 0 Å². The Balaban J connectivity index is 2.11. The van der Waals surface area contributed by atoms with Crippen molar-refractivity contribution in [2.24, 2.45) is 0 Å². The van der Waals surface area contributed by atoms with Gasteiger partial charge >= 0.3 is 5.97 Å². The average Bonchev–Trinajstić information content (AvgIpc) is 2.90. The van der Waals surface area contributed by atoms with E-state index < -0.39 is 5.97 Å². The van der Waals surface area contributed by atoms with Gasteiger partial charge in [0.1, 0.15) is 17.9 Å². The van der Waals surface area contributed by atoms with Gasteiger partial charge < -0.3 is 9.84 Å². The van der Waals surface area contributed by atoms with Crippen LogP contribution in [-0.2, 0) is 13.2 Å². The van der Waals surface area contributed by atoms with Crippen molar-refractivity contribution in [3.63, 3.8) is 0 Å². The molecule has 1 aromatic carbocycles. The van der Waals surface area contributed by atoms with Gasteiger partial charge in [-0.3, -0.25) is 0 Å². The second-order valence-electron chi connectivity index (χ2n) is 4.41. The normalized spacial score (nSPS) is 10.6. The number of carboxylic acid groups (broad SMARTS) is 1. The Labute approximate surface area is 130 Å². The number of tetrazole rings is 1. The van der Waals surface area contributed by atoms with Crippen molar-refractivity contribution in [1.29, 1.82) is 0 Å². The minimum atomic E-state index is -1.04. The zero-order chi connectivity index (χ0) is 15.2. The van der Waals surface area contributed by atoms with Crippen LogP contribution in [0, 0.1) is 0 Å². The molecule has 0 aliphatic carbocycles. The van der Waals surface area contributed by atoms with Gasteiger partial charge in [-0.15, -0.1) is 5.10 Å². The molecule has 0 unspecified atom stereocenters. The number of rotatable bonds is 7. The fourth-order valence-corrected chi connectivity index (χ4v) is 2.08. The summed E-state index contributed by atoms with van der Waals surface area (Å²) >= 11 is 3.29. The van der Waals surface area contributed by atoms with Crippen molar-refractivity contribution in [1.82, 2.24) is 20.2 Å². The maximum Gasteiger partial charge on any atom is 0.339 e. The topological polar surface area (TPSA) is 90.1 Å².